The minimum absolute atomic E-state index is 0.703. The van der Waals surface area contributed by atoms with Gasteiger partial charge in [-0.3, -0.25) is 4.57 Å². The quantitative estimate of drug-likeness (QED) is 0.263. The standard InChI is InChI=1S/C32H24N6/c33-23-13-9-21(10-14-23)31-35-36-32(22-11-15-24(34)16-12-22)38(31)26-19-17-25(18-20-26)37-29-7-3-1-5-27(29)28-6-2-4-8-30(28)37/h1-20H,33-34H2. The van der Waals surface area contributed by atoms with Crippen LogP contribution >= 0.6 is 0 Å². The molecule has 7 aromatic rings. The Hall–Kier alpha value is -5.36. The van der Waals surface area contributed by atoms with Crippen LogP contribution in [0.15, 0.2) is 121 Å². The number of hydrogen-bond donors (Lipinski definition) is 2. The molecule has 0 unspecified atom stereocenters. The van der Waals surface area contributed by atoms with E-state index in [1.54, 1.807) is 0 Å². The molecular formula is C32H24N6. The van der Waals surface area contributed by atoms with Gasteiger partial charge in [0.05, 0.1) is 11.0 Å². The molecule has 5 aromatic carbocycles. The van der Waals surface area contributed by atoms with Crippen molar-refractivity contribution in [2.24, 2.45) is 0 Å². The van der Waals surface area contributed by atoms with Gasteiger partial charge in [-0.25, -0.2) is 0 Å². The summed E-state index contributed by atoms with van der Waals surface area (Å²) in [6.07, 6.45) is 0. The molecule has 38 heavy (non-hydrogen) atoms. The summed E-state index contributed by atoms with van der Waals surface area (Å²) in [7, 11) is 0. The van der Waals surface area contributed by atoms with Gasteiger partial charge in [0.25, 0.3) is 0 Å². The van der Waals surface area contributed by atoms with Gasteiger partial charge in [-0.15, -0.1) is 10.2 Å². The van der Waals surface area contributed by atoms with E-state index in [1.807, 2.05) is 48.5 Å². The maximum Gasteiger partial charge on any atom is 0.168 e. The van der Waals surface area contributed by atoms with E-state index in [0.29, 0.717) is 11.4 Å². The number of para-hydroxylation sites is 2. The molecule has 0 aliphatic heterocycles. The van der Waals surface area contributed by atoms with Crippen LogP contribution < -0.4 is 11.5 Å². The van der Waals surface area contributed by atoms with E-state index in [9.17, 15) is 0 Å². The first-order valence-electron chi connectivity index (χ1n) is 12.4. The molecule has 7 rings (SSSR count). The summed E-state index contributed by atoms with van der Waals surface area (Å²) < 4.78 is 4.38. The first-order chi connectivity index (χ1) is 18.7. The molecule has 0 fully saturated rings. The number of nitrogens with two attached hydrogens (primary N) is 2. The second-order valence-electron chi connectivity index (χ2n) is 9.31. The molecule has 182 valence electrons. The van der Waals surface area contributed by atoms with Crippen LogP contribution in [0.2, 0.25) is 0 Å². The van der Waals surface area contributed by atoms with Crippen LogP contribution in [0, 0.1) is 0 Å². The monoisotopic (exact) mass is 492 g/mol. The third-order valence-corrected chi connectivity index (χ3v) is 6.95. The molecule has 2 heterocycles. The number of hydrogen-bond acceptors (Lipinski definition) is 4. The number of nitrogen functional groups attached to an aromatic ring is 2. The van der Waals surface area contributed by atoms with Crippen molar-refractivity contribution in [1.82, 2.24) is 19.3 Å². The lowest BCUT2D eigenvalue weighted by Crippen LogP contribution is -2.02. The van der Waals surface area contributed by atoms with Crippen LogP contribution in [0.25, 0.3) is 56.0 Å². The first-order valence-corrected chi connectivity index (χ1v) is 12.4. The third kappa shape index (κ3) is 3.50. The zero-order valence-electron chi connectivity index (χ0n) is 20.5. The average Bonchev–Trinajstić information content (AvgIpc) is 3.54. The van der Waals surface area contributed by atoms with Gasteiger partial charge < -0.3 is 16.0 Å². The fraction of sp³-hybridized carbons (Fsp3) is 0. The molecule has 0 saturated carbocycles. The number of nitrogens with zero attached hydrogens (tertiary/aromatic N) is 4. The Kier molecular flexibility index (Phi) is 4.97. The predicted molar refractivity (Wildman–Crippen MR) is 155 cm³/mol. The van der Waals surface area contributed by atoms with Crippen LogP contribution in [-0.2, 0) is 0 Å². The first kappa shape index (κ1) is 21.9. The highest BCUT2D eigenvalue weighted by molar-refractivity contribution is 6.09. The molecule has 0 bridgehead atoms. The van der Waals surface area contributed by atoms with Gasteiger partial charge in [0, 0.05) is 44.6 Å². The Morgan fingerprint density at radius 1 is 0.421 bits per heavy atom. The Labute approximate surface area is 219 Å². The molecule has 0 radical (unpaired) electrons. The summed E-state index contributed by atoms with van der Waals surface area (Å²) in [5, 5.41) is 11.6. The smallest absolute Gasteiger partial charge is 0.168 e. The molecule has 2 aromatic heterocycles. The van der Waals surface area contributed by atoms with Crippen LogP contribution in [0.4, 0.5) is 11.4 Å². The Bertz CT molecular complexity index is 1790. The van der Waals surface area contributed by atoms with Crippen molar-refractivity contribution < 1.29 is 0 Å². The molecule has 4 N–H and O–H groups in total. The molecule has 0 aliphatic rings. The second-order valence-corrected chi connectivity index (χ2v) is 9.31. The SMILES string of the molecule is Nc1ccc(-c2nnc(-c3ccc(N)cc3)n2-c2ccc(-n3c4ccccc4c4ccccc43)cc2)cc1. The number of anilines is 2. The van der Waals surface area contributed by atoms with Gasteiger partial charge >= 0.3 is 0 Å². The number of aromatic nitrogens is 4. The summed E-state index contributed by atoms with van der Waals surface area (Å²) in [4.78, 5) is 0. The Balaban J connectivity index is 1.40. The molecule has 0 aliphatic carbocycles. The van der Waals surface area contributed by atoms with E-state index in [0.717, 1.165) is 34.2 Å². The van der Waals surface area contributed by atoms with Crippen molar-refractivity contribution in [3.63, 3.8) is 0 Å². The Morgan fingerprint density at radius 2 is 0.816 bits per heavy atom. The highest BCUT2D eigenvalue weighted by Gasteiger charge is 2.18. The largest absolute Gasteiger partial charge is 0.399 e. The minimum Gasteiger partial charge on any atom is -0.399 e. The zero-order chi connectivity index (χ0) is 25.6. The molecule has 6 nitrogen and oxygen atoms in total. The van der Waals surface area contributed by atoms with E-state index in [2.05, 4.69) is 92.1 Å². The minimum atomic E-state index is 0.703. The lowest BCUT2D eigenvalue weighted by molar-refractivity contribution is 1.07. The van der Waals surface area contributed by atoms with Crippen LogP contribution in [-0.4, -0.2) is 19.3 Å². The van der Waals surface area contributed by atoms with Crippen LogP contribution in [0.5, 0.6) is 0 Å². The summed E-state index contributed by atoms with van der Waals surface area (Å²) in [6, 6.07) is 40.9. The number of fused-ring (bicyclic) bond motifs is 3. The molecule has 0 spiro atoms. The van der Waals surface area contributed by atoms with Crippen molar-refractivity contribution >= 4 is 33.2 Å². The van der Waals surface area contributed by atoms with Gasteiger partial charge in [-0.2, -0.15) is 0 Å². The highest BCUT2D eigenvalue weighted by atomic mass is 15.3. The van der Waals surface area contributed by atoms with Crippen molar-refractivity contribution in [3.05, 3.63) is 121 Å². The second kappa shape index (κ2) is 8.64. The van der Waals surface area contributed by atoms with Gasteiger partial charge in [0.1, 0.15) is 0 Å². The van der Waals surface area contributed by atoms with Crippen molar-refractivity contribution in [3.8, 4) is 34.2 Å². The summed E-state index contributed by atoms with van der Waals surface area (Å²) in [5.41, 5.74) is 19.6. The summed E-state index contributed by atoms with van der Waals surface area (Å²) in [6.45, 7) is 0. The van der Waals surface area contributed by atoms with Gasteiger partial charge in [0.15, 0.2) is 11.6 Å². The zero-order valence-corrected chi connectivity index (χ0v) is 20.5. The number of benzene rings is 5. The number of rotatable bonds is 4. The van der Waals surface area contributed by atoms with Crippen molar-refractivity contribution in [2.45, 2.75) is 0 Å². The highest BCUT2D eigenvalue weighted by Crippen LogP contribution is 2.33. The van der Waals surface area contributed by atoms with Gasteiger partial charge in [-0.1, -0.05) is 36.4 Å². The summed E-state index contributed by atoms with van der Waals surface area (Å²) in [5.74, 6) is 1.47. The van der Waals surface area contributed by atoms with Crippen LogP contribution in [0.1, 0.15) is 0 Å². The summed E-state index contributed by atoms with van der Waals surface area (Å²) >= 11 is 0. The molecule has 0 amide bonds. The fourth-order valence-corrected chi connectivity index (χ4v) is 5.12. The van der Waals surface area contributed by atoms with Gasteiger partial charge in [-0.05, 0) is 84.9 Å². The lowest BCUT2D eigenvalue weighted by atomic mass is 10.1. The maximum absolute atomic E-state index is 5.95. The molecule has 0 saturated heterocycles. The van der Waals surface area contributed by atoms with Crippen molar-refractivity contribution in [1.29, 1.82) is 0 Å². The fourth-order valence-electron chi connectivity index (χ4n) is 5.12. The topological polar surface area (TPSA) is 87.7 Å². The molecule has 6 heteroatoms. The van der Waals surface area contributed by atoms with E-state index in [-0.39, 0.29) is 0 Å². The van der Waals surface area contributed by atoms with Crippen LogP contribution in [0.3, 0.4) is 0 Å². The normalized spacial score (nSPS) is 11.4. The van der Waals surface area contributed by atoms with Gasteiger partial charge in [0.2, 0.25) is 0 Å². The van der Waals surface area contributed by atoms with Crippen molar-refractivity contribution in [2.75, 3.05) is 11.5 Å². The molecule has 0 atom stereocenters. The molecular weight excluding hydrogens is 468 g/mol. The third-order valence-electron chi connectivity index (χ3n) is 6.95. The Morgan fingerprint density at radius 3 is 1.26 bits per heavy atom. The average molecular weight is 493 g/mol. The van der Waals surface area contributed by atoms with E-state index < -0.39 is 0 Å². The lowest BCUT2D eigenvalue weighted by Gasteiger charge is -2.13. The van der Waals surface area contributed by atoms with E-state index >= 15 is 0 Å². The van der Waals surface area contributed by atoms with E-state index in [1.165, 1.54) is 21.8 Å². The maximum atomic E-state index is 5.95. The predicted octanol–water partition coefficient (Wildman–Crippen LogP) is 6.86. The van der Waals surface area contributed by atoms with E-state index in [4.69, 9.17) is 11.5 Å².